The van der Waals surface area contributed by atoms with E-state index >= 15 is 0 Å². The zero-order valence-corrected chi connectivity index (χ0v) is 21.5. The second-order valence-corrected chi connectivity index (χ2v) is 12.8. The molecule has 4 aromatic rings. The Morgan fingerprint density at radius 2 is 1.73 bits per heavy atom. The first-order valence-electron chi connectivity index (χ1n) is 11.5. The van der Waals surface area contributed by atoms with Crippen LogP contribution in [0.2, 0.25) is 0 Å². The Labute approximate surface area is 214 Å². The molecule has 37 heavy (non-hydrogen) atoms. The van der Waals surface area contributed by atoms with E-state index in [0.29, 0.717) is 40.6 Å². The summed E-state index contributed by atoms with van der Waals surface area (Å²) in [5, 5.41) is 10.2. The molecule has 9 nitrogen and oxygen atoms in total. The van der Waals surface area contributed by atoms with Crippen molar-refractivity contribution in [2.24, 2.45) is 0 Å². The molecule has 1 aliphatic heterocycles. The van der Waals surface area contributed by atoms with Gasteiger partial charge in [-0.05, 0) is 48.4 Å². The van der Waals surface area contributed by atoms with Gasteiger partial charge in [0.05, 0.1) is 9.79 Å². The Balaban J connectivity index is 1.28. The summed E-state index contributed by atoms with van der Waals surface area (Å²) in [5.74, 6) is -0.274. The molecule has 1 aromatic heterocycles. The molecule has 1 aliphatic rings. The molecule has 11 heteroatoms. The number of sulfone groups is 1. The van der Waals surface area contributed by atoms with Gasteiger partial charge in [-0.1, -0.05) is 30.3 Å². The Morgan fingerprint density at radius 1 is 1.00 bits per heavy atom. The van der Waals surface area contributed by atoms with Gasteiger partial charge < -0.3 is 15.0 Å². The lowest BCUT2D eigenvalue weighted by Crippen LogP contribution is -2.38. The molecule has 0 spiro atoms. The number of amides is 1. The Bertz CT molecular complexity index is 1710. The van der Waals surface area contributed by atoms with Gasteiger partial charge >= 0.3 is 0 Å². The van der Waals surface area contributed by atoms with Gasteiger partial charge in [0.15, 0.2) is 15.7 Å². The maximum atomic E-state index is 13.1. The van der Waals surface area contributed by atoms with E-state index in [-0.39, 0.29) is 28.1 Å². The SMILES string of the molecule is CS(=O)(=O)c1ccccc1-c1ccc(C(=O)N2CCC(NS(=O)(=O)c3ccc4[nH]c(O)cc4c3)C2)cc1. The predicted molar refractivity (Wildman–Crippen MR) is 140 cm³/mol. The van der Waals surface area contributed by atoms with Gasteiger partial charge in [0.25, 0.3) is 5.91 Å². The molecular weight excluding hydrogens is 514 g/mol. The highest BCUT2D eigenvalue weighted by Gasteiger charge is 2.30. The van der Waals surface area contributed by atoms with E-state index in [1.165, 1.54) is 18.2 Å². The number of nitrogens with zero attached hydrogens (tertiary/aromatic N) is 1. The molecule has 3 aromatic carbocycles. The van der Waals surface area contributed by atoms with Gasteiger partial charge in [-0.15, -0.1) is 0 Å². The number of benzene rings is 3. The molecular formula is C26H25N3O6S2. The Kier molecular flexibility index (Phi) is 6.30. The number of likely N-dealkylation sites (tertiary alicyclic amines) is 1. The van der Waals surface area contributed by atoms with Gasteiger partial charge in [-0.2, -0.15) is 0 Å². The molecule has 1 saturated heterocycles. The van der Waals surface area contributed by atoms with Crippen molar-refractivity contribution >= 4 is 36.7 Å². The minimum atomic E-state index is -3.82. The molecule has 0 saturated carbocycles. The summed E-state index contributed by atoms with van der Waals surface area (Å²) in [4.78, 5) is 17.7. The zero-order valence-electron chi connectivity index (χ0n) is 19.9. The summed E-state index contributed by atoms with van der Waals surface area (Å²) in [6, 6.07) is 19.0. The average Bonchev–Trinajstić information content (AvgIpc) is 3.47. The van der Waals surface area contributed by atoms with Crippen molar-refractivity contribution in [1.29, 1.82) is 0 Å². The maximum absolute atomic E-state index is 13.1. The van der Waals surface area contributed by atoms with Gasteiger partial charge in [0.2, 0.25) is 10.0 Å². The van der Waals surface area contributed by atoms with Crippen LogP contribution in [0.25, 0.3) is 22.0 Å². The number of carbonyl (C=O) groups excluding carboxylic acids is 1. The molecule has 5 rings (SSSR count). The number of H-pyrrole nitrogens is 1. The molecule has 0 radical (unpaired) electrons. The van der Waals surface area contributed by atoms with Gasteiger partial charge in [0.1, 0.15) is 0 Å². The van der Waals surface area contributed by atoms with E-state index < -0.39 is 25.9 Å². The van der Waals surface area contributed by atoms with Crippen molar-refractivity contribution in [3.8, 4) is 17.0 Å². The molecule has 1 atom stereocenters. The summed E-state index contributed by atoms with van der Waals surface area (Å²) in [6.45, 7) is 0.624. The van der Waals surface area contributed by atoms with Gasteiger partial charge in [-0.25, -0.2) is 21.6 Å². The standard InChI is InChI=1S/C26H25N3O6S2/c1-36(32,33)24-5-3-2-4-22(24)17-6-8-18(9-7-17)26(31)29-13-12-20(16-29)28-37(34,35)21-10-11-23-19(14-21)15-25(30)27-23/h2-11,14-15,20,27-28,30H,12-13,16H2,1H3. The highest BCUT2D eigenvalue weighted by molar-refractivity contribution is 7.91. The first kappa shape index (κ1) is 25.0. The van der Waals surface area contributed by atoms with Crippen LogP contribution in [0.1, 0.15) is 16.8 Å². The maximum Gasteiger partial charge on any atom is 0.253 e. The highest BCUT2D eigenvalue weighted by atomic mass is 32.2. The van der Waals surface area contributed by atoms with E-state index in [2.05, 4.69) is 9.71 Å². The molecule has 0 aliphatic carbocycles. The second kappa shape index (κ2) is 9.33. The average molecular weight is 540 g/mol. The fraction of sp³-hybridized carbons (Fsp3) is 0.192. The van der Waals surface area contributed by atoms with Crippen molar-refractivity contribution in [1.82, 2.24) is 14.6 Å². The molecule has 1 unspecified atom stereocenters. The first-order chi connectivity index (χ1) is 17.5. The van der Waals surface area contributed by atoms with Crippen LogP contribution in [-0.4, -0.2) is 63.1 Å². The van der Waals surface area contributed by atoms with Crippen molar-refractivity contribution in [2.45, 2.75) is 22.3 Å². The molecule has 1 amide bonds. The van der Waals surface area contributed by atoms with Crippen molar-refractivity contribution in [2.75, 3.05) is 19.3 Å². The van der Waals surface area contributed by atoms with Crippen LogP contribution in [0.3, 0.4) is 0 Å². The fourth-order valence-electron chi connectivity index (χ4n) is 4.59. The number of hydrogen-bond acceptors (Lipinski definition) is 6. The lowest BCUT2D eigenvalue weighted by Gasteiger charge is -2.18. The van der Waals surface area contributed by atoms with E-state index in [4.69, 9.17) is 0 Å². The summed E-state index contributed by atoms with van der Waals surface area (Å²) >= 11 is 0. The quantitative estimate of drug-likeness (QED) is 0.344. The third kappa shape index (κ3) is 5.10. The smallest absolute Gasteiger partial charge is 0.253 e. The number of carbonyl (C=O) groups is 1. The number of sulfonamides is 1. The van der Waals surface area contributed by atoms with Crippen LogP contribution in [0.15, 0.2) is 82.6 Å². The van der Waals surface area contributed by atoms with E-state index in [1.807, 2.05) is 0 Å². The molecule has 2 heterocycles. The van der Waals surface area contributed by atoms with E-state index in [1.54, 1.807) is 59.5 Å². The third-order valence-electron chi connectivity index (χ3n) is 6.41. The summed E-state index contributed by atoms with van der Waals surface area (Å²) < 4.78 is 52.8. The van der Waals surface area contributed by atoms with Crippen LogP contribution in [0.4, 0.5) is 0 Å². The number of hydrogen-bond donors (Lipinski definition) is 3. The summed E-state index contributed by atoms with van der Waals surface area (Å²) in [7, 11) is -7.24. The van der Waals surface area contributed by atoms with Crippen LogP contribution < -0.4 is 4.72 Å². The minimum absolute atomic E-state index is 0.0462. The van der Waals surface area contributed by atoms with Crippen LogP contribution in [0, 0.1) is 0 Å². The fourth-order valence-corrected chi connectivity index (χ4v) is 6.80. The molecule has 3 N–H and O–H groups in total. The molecule has 1 fully saturated rings. The largest absolute Gasteiger partial charge is 0.495 e. The second-order valence-electron chi connectivity index (χ2n) is 9.11. The Hall–Kier alpha value is -3.67. The lowest BCUT2D eigenvalue weighted by atomic mass is 10.0. The summed E-state index contributed by atoms with van der Waals surface area (Å²) in [6.07, 6.45) is 1.63. The normalized spacial score (nSPS) is 16.4. The molecule has 192 valence electrons. The lowest BCUT2D eigenvalue weighted by molar-refractivity contribution is 0.0790. The van der Waals surface area contributed by atoms with E-state index in [9.17, 15) is 26.7 Å². The highest BCUT2D eigenvalue weighted by Crippen LogP contribution is 2.28. The summed E-state index contributed by atoms with van der Waals surface area (Å²) in [5.41, 5.74) is 2.30. The van der Waals surface area contributed by atoms with Crippen LogP contribution in [-0.2, 0) is 19.9 Å². The van der Waals surface area contributed by atoms with Crippen LogP contribution >= 0.6 is 0 Å². The van der Waals surface area contributed by atoms with Gasteiger partial charge in [-0.3, -0.25) is 4.79 Å². The number of aromatic nitrogens is 1. The van der Waals surface area contributed by atoms with Crippen LogP contribution in [0.5, 0.6) is 5.88 Å². The van der Waals surface area contributed by atoms with Crippen molar-refractivity contribution in [3.63, 3.8) is 0 Å². The van der Waals surface area contributed by atoms with Gasteiger partial charge in [0, 0.05) is 53.5 Å². The third-order valence-corrected chi connectivity index (χ3v) is 9.09. The number of aromatic hydroxyl groups is 1. The predicted octanol–water partition coefficient (Wildman–Crippen LogP) is 3.14. The monoisotopic (exact) mass is 539 g/mol. The molecule has 0 bridgehead atoms. The Morgan fingerprint density at radius 3 is 2.46 bits per heavy atom. The van der Waals surface area contributed by atoms with Crippen molar-refractivity contribution < 1.29 is 26.7 Å². The number of nitrogens with one attached hydrogen (secondary N) is 2. The first-order valence-corrected chi connectivity index (χ1v) is 14.9. The van der Waals surface area contributed by atoms with Crippen molar-refractivity contribution in [3.05, 3.63) is 78.4 Å². The zero-order chi connectivity index (χ0) is 26.4. The number of aromatic amines is 1. The number of fused-ring (bicyclic) bond motifs is 1. The number of rotatable bonds is 6. The topological polar surface area (TPSA) is 137 Å². The minimum Gasteiger partial charge on any atom is -0.495 e. The van der Waals surface area contributed by atoms with E-state index in [0.717, 1.165) is 6.26 Å².